The lowest BCUT2D eigenvalue weighted by Crippen LogP contribution is -2.60. The molecule has 2 aromatic carbocycles. The summed E-state index contributed by atoms with van der Waals surface area (Å²) in [6, 6.07) is 17.7. The zero-order valence-electron chi connectivity index (χ0n) is 39.7. The molecule has 65 heavy (non-hydrogen) atoms. The minimum atomic E-state index is -0.729. The normalized spacial score (nSPS) is 24.8. The second-order valence-corrected chi connectivity index (χ2v) is 23.7. The van der Waals surface area contributed by atoms with Crippen LogP contribution in [0.3, 0.4) is 0 Å². The number of nitrogens with zero attached hydrogens (tertiary/aromatic N) is 5. The second kappa shape index (κ2) is 16.2. The van der Waals surface area contributed by atoms with Crippen LogP contribution in [0.1, 0.15) is 144 Å². The molecule has 4 fully saturated rings. The number of aromatic nitrogens is 4. The number of benzene rings is 2. The fourth-order valence-electron chi connectivity index (χ4n) is 13.2. The third-order valence-electron chi connectivity index (χ3n) is 14.1. The molecule has 4 bridgehead atoms. The monoisotopic (exact) mass is 899 g/mol. The van der Waals surface area contributed by atoms with Crippen LogP contribution >= 0.6 is 11.3 Å². The molecule has 4 saturated carbocycles. The van der Waals surface area contributed by atoms with E-state index in [0.717, 1.165) is 64.8 Å². The minimum Gasteiger partial charge on any atom is -0.455 e. The van der Waals surface area contributed by atoms with Gasteiger partial charge in [0.15, 0.2) is 10.8 Å². The van der Waals surface area contributed by atoms with Crippen LogP contribution in [0.15, 0.2) is 60.8 Å². The maximum absolute atomic E-state index is 14.2. The summed E-state index contributed by atoms with van der Waals surface area (Å²) >= 11 is 1.46. The summed E-state index contributed by atoms with van der Waals surface area (Å²) in [5, 5.41) is 11.7. The van der Waals surface area contributed by atoms with Crippen LogP contribution in [0.25, 0.3) is 21.3 Å². The molecular formula is C52H65N7O5S. The van der Waals surface area contributed by atoms with E-state index in [4.69, 9.17) is 19.6 Å². The van der Waals surface area contributed by atoms with Gasteiger partial charge in [0.25, 0.3) is 5.91 Å². The number of thiazole rings is 1. The molecule has 3 aromatic heterocycles. The Hall–Kier alpha value is -5.30. The van der Waals surface area contributed by atoms with Crippen LogP contribution < -0.4 is 15.5 Å². The third kappa shape index (κ3) is 9.40. The number of alkyl carbamates (subject to hydrolysis) is 1. The van der Waals surface area contributed by atoms with E-state index < -0.39 is 17.2 Å². The van der Waals surface area contributed by atoms with Gasteiger partial charge in [0, 0.05) is 48.6 Å². The number of carbonyl (C=O) groups excluding carboxylic acids is 3. The summed E-state index contributed by atoms with van der Waals surface area (Å²) in [5.41, 5.74) is 5.90. The topological polar surface area (TPSA) is 141 Å². The molecule has 2 unspecified atom stereocenters. The van der Waals surface area contributed by atoms with Gasteiger partial charge in [0.05, 0.1) is 16.4 Å². The van der Waals surface area contributed by atoms with Gasteiger partial charge in [0.2, 0.25) is 0 Å². The zero-order valence-corrected chi connectivity index (χ0v) is 40.5. The first-order chi connectivity index (χ1) is 30.6. The van der Waals surface area contributed by atoms with Gasteiger partial charge >= 0.3 is 12.1 Å². The predicted molar refractivity (Wildman–Crippen MR) is 256 cm³/mol. The first-order valence-electron chi connectivity index (χ1n) is 23.4. The number of rotatable bonds is 11. The quantitative estimate of drug-likeness (QED) is 0.0979. The van der Waals surface area contributed by atoms with Crippen molar-refractivity contribution in [1.29, 1.82) is 0 Å². The lowest BCUT2D eigenvalue weighted by molar-refractivity contribution is -0.197. The standard InChI is InChI=1S/C52H65N7O5S/c1-33-37(24-54-59(33)32-52-29-49(8)26-50(9,30-52)28-51(27-49,31-52)21-13-22-53-46(62)64-48(5,6)7)35-18-19-41(56-42(35)44(61)63-47(2,3)4)58-23-20-34-14-12-15-36(38(34)25-58)43(60)57-45-55-39-16-10-11-17-40(39)65-45/h10-12,14-19,24H,13,20-23,25-32H2,1-9H3,(H,53,62)(H,55,57,60). The van der Waals surface area contributed by atoms with Crippen LogP contribution in [0, 0.1) is 28.6 Å². The summed E-state index contributed by atoms with van der Waals surface area (Å²) in [6.07, 6.45) is 11.5. The fourth-order valence-corrected chi connectivity index (χ4v) is 14.1. The van der Waals surface area contributed by atoms with E-state index in [1.54, 1.807) is 0 Å². The van der Waals surface area contributed by atoms with Gasteiger partial charge in [-0.05, 0) is 169 Å². The second-order valence-electron chi connectivity index (χ2n) is 22.6. The number of ether oxygens (including phenoxy) is 2. The molecule has 2 amide bonds. The van der Waals surface area contributed by atoms with Gasteiger partial charge in [-0.1, -0.05) is 49.4 Å². The van der Waals surface area contributed by atoms with Gasteiger partial charge in [-0.25, -0.2) is 19.6 Å². The summed E-state index contributed by atoms with van der Waals surface area (Å²) < 4.78 is 14.7. The zero-order chi connectivity index (χ0) is 46.2. The number of fused-ring (bicyclic) bond motifs is 2. The maximum Gasteiger partial charge on any atom is 0.407 e. The fraction of sp³-hybridized carbons (Fsp3) is 0.538. The predicted octanol–water partition coefficient (Wildman–Crippen LogP) is 11.3. The Morgan fingerprint density at radius 1 is 0.815 bits per heavy atom. The number of carbonyl (C=O) groups is 3. The smallest absolute Gasteiger partial charge is 0.407 e. The number of para-hydroxylation sites is 1. The third-order valence-corrected chi connectivity index (χ3v) is 15.0. The van der Waals surface area contributed by atoms with Crippen molar-refractivity contribution >= 4 is 50.5 Å². The molecule has 5 aliphatic rings. The van der Waals surface area contributed by atoms with Crippen LogP contribution in [-0.2, 0) is 29.0 Å². The number of amides is 2. The highest BCUT2D eigenvalue weighted by Crippen LogP contribution is 2.75. The molecule has 2 N–H and O–H groups in total. The van der Waals surface area contributed by atoms with Gasteiger partial charge in [-0.15, -0.1) is 0 Å². The highest BCUT2D eigenvalue weighted by atomic mass is 32.1. The largest absolute Gasteiger partial charge is 0.455 e. The lowest BCUT2D eigenvalue weighted by Gasteiger charge is -2.70. The van der Waals surface area contributed by atoms with Gasteiger partial charge in [-0.2, -0.15) is 5.10 Å². The molecule has 4 aliphatic carbocycles. The Labute approximate surface area is 387 Å². The Morgan fingerprint density at radius 3 is 2.26 bits per heavy atom. The van der Waals surface area contributed by atoms with Crippen molar-refractivity contribution in [2.45, 2.75) is 144 Å². The molecule has 2 atom stereocenters. The van der Waals surface area contributed by atoms with Crippen molar-refractivity contribution in [3.8, 4) is 11.1 Å². The van der Waals surface area contributed by atoms with E-state index in [9.17, 15) is 14.4 Å². The van der Waals surface area contributed by atoms with Crippen LogP contribution in [0.4, 0.5) is 15.7 Å². The number of esters is 1. The number of nitrogens with one attached hydrogen (secondary N) is 2. The summed E-state index contributed by atoms with van der Waals surface area (Å²) in [7, 11) is 0. The molecule has 0 saturated heterocycles. The molecule has 5 aromatic rings. The number of anilines is 2. The average Bonchev–Trinajstić information content (AvgIpc) is 3.77. The number of pyridine rings is 1. The van der Waals surface area contributed by atoms with Crippen molar-refractivity contribution in [3.63, 3.8) is 0 Å². The van der Waals surface area contributed by atoms with Crippen molar-refractivity contribution in [2.75, 3.05) is 23.3 Å². The number of hydrogen-bond donors (Lipinski definition) is 2. The van der Waals surface area contributed by atoms with Crippen molar-refractivity contribution < 1.29 is 23.9 Å². The summed E-state index contributed by atoms with van der Waals surface area (Å²) in [6.45, 7) is 21.0. The molecule has 0 radical (unpaired) electrons. The maximum atomic E-state index is 14.2. The van der Waals surface area contributed by atoms with E-state index in [1.165, 1.54) is 43.4 Å². The molecule has 13 heteroatoms. The molecule has 0 spiro atoms. The van der Waals surface area contributed by atoms with Gasteiger partial charge in [0.1, 0.15) is 17.0 Å². The number of hydrogen-bond acceptors (Lipinski definition) is 10. The van der Waals surface area contributed by atoms with Crippen LogP contribution in [-0.4, -0.2) is 62.0 Å². The highest BCUT2D eigenvalue weighted by Gasteiger charge is 2.65. The Balaban J connectivity index is 0.962. The molecule has 1 aliphatic heterocycles. The SMILES string of the molecule is Cc1c(-c2ccc(N3CCc4cccc(C(=O)Nc5nc6ccccc6s5)c4C3)nc2C(=O)OC(C)(C)C)cnn1CC12CC3(C)CC(C)(CC(CCCNC(=O)OC(C)(C)C)(C3)C1)C2. The molecule has 4 heterocycles. The Kier molecular flexibility index (Phi) is 11.2. The van der Waals surface area contributed by atoms with Gasteiger partial charge in [-0.3, -0.25) is 14.8 Å². The van der Waals surface area contributed by atoms with E-state index in [2.05, 4.69) is 52.0 Å². The van der Waals surface area contributed by atoms with Crippen molar-refractivity contribution in [1.82, 2.24) is 25.1 Å². The molecule has 12 nitrogen and oxygen atoms in total. The van der Waals surface area contributed by atoms with Gasteiger partial charge < -0.3 is 19.7 Å². The molecular weight excluding hydrogens is 835 g/mol. The van der Waals surface area contributed by atoms with E-state index in [0.29, 0.717) is 41.7 Å². The van der Waals surface area contributed by atoms with E-state index >= 15 is 0 Å². The lowest BCUT2D eigenvalue weighted by atomic mass is 9.35. The van der Waals surface area contributed by atoms with Crippen LogP contribution in [0.5, 0.6) is 0 Å². The molecule has 10 rings (SSSR count). The highest BCUT2D eigenvalue weighted by molar-refractivity contribution is 7.22. The minimum absolute atomic E-state index is 0.0930. The summed E-state index contributed by atoms with van der Waals surface area (Å²) in [4.78, 5) is 52.3. The van der Waals surface area contributed by atoms with Crippen molar-refractivity contribution in [3.05, 3.63) is 88.9 Å². The first-order valence-corrected chi connectivity index (χ1v) is 24.2. The van der Waals surface area contributed by atoms with E-state index in [-0.39, 0.29) is 39.4 Å². The Bertz CT molecular complexity index is 2620. The van der Waals surface area contributed by atoms with E-state index in [1.807, 2.05) is 96.3 Å². The van der Waals surface area contributed by atoms with Crippen molar-refractivity contribution in [2.24, 2.45) is 21.7 Å². The average molecular weight is 900 g/mol. The Morgan fingerprint density at radius 2 is 1.54 bits per heavy atom. The molecule has 344 valence electrons. The van der Waals surface area contributed by atoms with Crippen LogP contribution in [0.2, 0.25) is 0 Å². The summed E-state index contributed by atoms with van der Waals surface area (Å²) in [5.74, 6) is -0.0410. The first kappa shape index (κ1) is 44.9.